The molecule has 4 aromatic rings. The van der Waals surface area contributed by atoms with E-state index in [2.05, 4.69) is 32.2 Å². The van der Waals surface area contributed by atoms with Gasteiger partial charge in [0.15, 0.2) is 6.10 Å². The van der Waals surface area contributed by atoms with Crippen molar-refractivity contribution in [3.63, 3.8) is 0 Å². The van der Waals surface area contributed by atoms with Crippen LogP contribution in [0.4, 0.5) is 0 Å². The summed E-state index contributed by atoms with van der Waals surface area (Å²) in [4.78, 5) is 15.8. The van der Waals surface area contributed by atoms with Gasteiger partial charge in [0.25, 0.3) is 5.56 Å². The van der Waals surface area contributed by atoms with Crippen molar-refractivity contribution in [2.24, 2.45) is 7.05 Å². The SMILES string of the molecule is Cc1cc([C@H](O)C#Cc2cn(C)c(=O)c3[nH]c(C)c(-c4nnc(C(C)C)o4)c23)no1. The Balaban J connectivity index is 1.91. The van der Waals surface area contributed by atoms with E-state index < -0.39 is 6.10 Å². The lowest BCUT2D eigenvalue weighted by Gasteiger charge is -2.03. The van der Waals surface area contributed by atoms with Crippen LogP contribution in [0.2, 0.25) is 0 Å². The Morgan fingerprint density at radius 1 is 1.27 bits per heavy atom. The summed E-state index contributed by atoms with van der Waals surface area (Å²) in [6.07, 6.45) is 0.490. The van der Waals surface area contributed by atoms with Gasteiger partial charge >= 0.3 is 0 Å². The molecule has 0 fully saturated rings. The summed E-state index contributed by atoms with van der Waals surface area (Å²) < 4.78 is 12.3. The van der Waals surface area contributed by atoms with E-state index in [4.69, 9.17) is 8.94 Å². The smallest absolute Gasteiger partial charge is 0.274 e. The van der Waals surface area contributed by atoms with Gasteiger partial charge in [0.2, 0.25) is 11.8 Å². The maximum absolute atomic E-state index is 12.7. The first-order valence-corrected chi connectivity index (χ1v) is 9.44. The Morgan fingerprint density at radius 2 is 2.03 bits per heavy atom. The fraction of sp³-hybridized carbons (Fsp3) is 0.333. The molecule has 0 aromatic carbocycles. The van der Waals surface area contributed by atoms with Crippen molar-refractivity contribution >= 4 is 10.9 Å². The minimum atomic E-state index is -1.13. The maximum atomic E-state index is 12.7. The molecular weight excluding hydrogens is 386 g/mol. The second kappa shape index (κ2) is 7.31. The van der Waals surface area contributed by atoms with Gasteiger partial charge in [0.05, 0.1) is 11.1 Å². The van der Waals surface area contributed by atoms with Crippen molar-refractivity contribution < 1.29 is 14.0 Å². The molecule has 0 bridgehead atoms. The molecule has 2 N–H and O–H groups in total. The van der Waals surface area contributed by atoms with E-state index in [0.29, 0.717) is 51.0 Å². The summed E-state index contributed by atoms with van der Waals surface area (Å²) in [5.41, 5.74) is 2.37. The van der Waals surface area contributed by atoms with Crippen LogP contribution in [0, 0.1) is 25.7 Å². The van der Waals surface area contributed by atoms with Gasteiger partial charge in [-0.05, 0) is 13.8 Å². The highest BCUT2D eigenvalue weighted by Crippen LogP contribution is 2.33. The van der Waals surface area contributed by atoms with Crippen LogP contribution < -0.4 is 5.56 Å². The van der Waals surface area contributed by atoms with Crippen LogP contribution in [0.15, 0.2) is 26.0 Å². The van der Waals surface area contributed by atoms with Gasteiger partial charge in [-0.25, -0.2) is 0 Å². The number of aliphatic hydroxyl groups is 1. The average Bonchev–Trinajstić information content (AvgIpc) is 3.41. The first-order chi connectivity index (χ1) is 14.3. The molecule has 0 saturated carbocycles. The molecule has 4 rings (SSSR count). The molecular formula is C21H21N5O4. The summed E-state index contributed by atoms with van der Waals surface area (Å²) in [6.45, 7) is 7.48. The van der Waals surface area contributed by atoms with Gasteiger partial charge in [0.1, 0.15) is 17.0 Å². The van der Waals surface area contributed by atoms with Crippen molar-refractivity contribution in [2.75, 3.05) is 0 Å². The Hall–Kier alpha value is -3.64. The largest absolute Gasteiger partial charge is 0.420 e. The van der Waals surface area contributed by atoms with E-state index in [0.717, 1.165) is 0 Å². The third kappa shape index (κ3) is 3.31. The summed E-state index contributed by atoms with van der Waals surface area (Å²) in [7, 11) is 1.64. The monoisotopic (exact) mass is 407 g/mol. The highest BCUT2D eigenvalue weighted by atomic mass is 16.5. The second-order valence-corrected chi connectivity index (χ2v) is 7.47. The second-order valence-electron chi connectivity index (χ2n) is 7.47. The molecule has 0 aliphatic heterocycles. The fourth-order valence-corrected chi connectivity index (χ4v) is 3.21. The van der Waals surface area contributed by atoms with Gasteiger partial charge < -0.3 is 23.6 Å². The van der Waals surface area contributed by atoms with Crippen LogP contribution in [0.3, 0.4) is 0 Å². The number of aryl methyl sites for hydroxylation is 3. The Labute approximate surface area is 171 Å². The molecule has 0 aliphatic rings. The lowest BCUT2D eigenvalue weighted by Crippen LogP contribution is -2.17. The third-order valence-electron chi connectivity index (χ3n) is 4.73. The van der Waals surface area contributed by atoms with Crippen LogP contribution in [-0.2, 0) is 7.05 Å². The predicted octanol–water partition coefficient (Wildman–Crippen LogP) is 2.73. The molecule has 0 aliphatic carbocycles. The summed E-state index contributed by atoms with van der Waals surface area (Å²) in [6, 6.07) is 1.62. The highest BCUT2D eigenvalue weighted by Gasteiger charge is 2.22. The number of pyridine rings is 1. The third-order valence-corrected chi connectivity index (χ3v) is 4.73. The molecule has 1 atom stereocenters. The van der Waals surface area contributed by atoms with Crippen molar-refractivity contribution in [3.05, 3.63) is 51.2 Å². The first-order valence-electron chi connectivity index (χ1n) is 9.44. The Kier molecular flexibility index (Phi) is 4.79. The topological polar surface area (TPSA) is 123 Å². The first kappa shape index (κ1) is 19.7. The van der Waals surface area contributed by atoms with Crippen molar-refractivity contribution in [2.45, 2.75) is 39.7 Å². The van der Waals surface area contributed by atoms with Crippen LogP contribution >= 0.6 is 0 Å². The molecule has 0 amide bonds. The highest BCUT2D eigenvalue weighted by molar-refractivity contribution is 5.99. The van der Waals surface area contributed by atoms with E-state index in [1.165, 1.54) is 4.57 Å². The number of hydrogen-bond acceptors (Lipinski definition) is 7. The van der Waals surface area contributed by atoms with Gasteiger partial charge in [-0.1, -0.05) is 30.8 Å². The molecule has 0 unspecified atom stereocenters. The van der Waals surface area contributed by atoms with E-state index in [1.807, 2.05) is 20.8 Å². The van der Waals surface area contributed by atoms with Gasteiger partial charge in [-0.3, -0.25) is 4.79 Å². The number of H-pyrrole nitrogens is 1. The zero-order valence-electron chi connectivity index (χ0n) is 17.3. The van der Waals surface area contributed by atoms with Crippen LogP contribution in [0.1, 0.15) is 54.5 Å². The average molecular weight is 407 g/mol. The number of fused-ring (bicyclic) bond motifs is 1. The molecule has 9 nitrogen and oxygen atoms in total. The quantitative estimate of drug-likeness (QED) is 0.501. The van der Waals surface area contributed by atoms with Gasteiger partial charge in [-0.2, -0.15) is 0 Å². The summed E-state index contributed by atoms with van der Waals surface area (Å²) >= 11 is 0. The van der Waals surface area contributed by atoms with Crippen molar-refractivity contribution in [1.82, 2.24) is 24.9 Å². The zero-order valence-corrected chi connectivity index (χ0v) is 17.3. The summed E-state index contributed by atoms with van der Waals surface area (Å²) in [5, 5.41) is 23.0. The lowest BCUT2D eigenvalue weighted by atomic mass is 10.1. The number of nitrogens with one attached hydrogen (secondary N) is 1. The Morgan fingerprint density at radius 3 is 2.67 bits per heavy atom. The number of aromatic nitrogens is 5. The Bertz CT molecular complexity index is 1360. The fourth-order valence-electron chi connectivity index (χ4n) is 3.21. The van der Waals surface area contributed by atoms with E-state index in [9.17, 15) is 9.90 Å². The molecule has 0 spiro atoms. The number of aliphatic hydroxyl groups excluding tert-OH is 1. The minimum absolute atomic E-state index is 0.0740. The van der Waals surface area contributed by atoms with Crippen molar-refractivity contribution in [3.8, 4) is 23.3 Å². The minimum Gasteiger partial charge on any atom is -0.420 e. The molecule has 154 valence electrons. The molecule has 0 radical (unpaired) electrons. The lowest BCUT2D eigenvalue weighted by molar-refractivity contribution is 0.225. The van der Waals surface area contributed by atoms with Crippen molar-refractivity contribution in [1.29, 1.82) is 0 Å². The van der Waals surface area contributed by atoms with E-state index in [1.54, 1.807) is 26.2 Å². The predicted molar refractivity (Wildman–Crippen MR) is 109 cm³/mol. The maximum Gasteiger partial charge on any atom is 0.274 e. The number of nitrogens with zero attached hydrogens (tertiary/aromatic N) is 4. The molecule has 0 saturated heterocycles. The number of aromatic amines is 1. The van der Waals surface area contributed by atoms with Crippen LogP contribution in [0.5, 0.6) is 0 Å². The zero-order chi connectivity index (χ0) is 21.6. The normalized spacial score (nSPS) is 12.4. The van der Waals surface area contributed by atoms with Crippen LogP contribution in [-0.4, -0.2) is 30.0 Å². The molecule has 4 heterocycles. The van der Waals surface area contributed by atoms with Crippen LogP contribution in [0.25, 0.3) is 22.4 Å². The number of hydrogen-bond donors (Lipinski definition) is 2. The van der Waals surface area contributed by atoms with Gasteiger partial charge in [0, 0.05) is 36.3 Å². The van der Waals surface area contributed by atoms with Gasteiger partial charge in [-0.15, -0.1) is 10.2 Å². The molecule has 4 aromatic heterocycles. The standard InChI is InChI=1S/C21H21N5O4/c1-10(2)19-23-24-20(29-19)16-12(4)22-18-17(16)13(9-26(5)21(18)28)6-7-15(27)14-8-11(3)30-25-14/h8-10,15,22,27H,1-5H3/t15-/m1/s1. The summed E-state index contributed by atoms with van der Waals surface area (Å²) in [5.74, 6) is 7.20. The number of rotatable bonds is 3. The molecule has 30 heavy (non-hydrogen) atoms. The molecule has 9 heteroatoms. The van der Waals surface area contributed by atoms with E-state index >= 15 is 0 Å². The van der Waals surface area contributed by atoms with E-state index in [-0.39, 0.29) is 11.5 Å².